The number of ketones is 1. The van der Waals surface area contributed by atoms with Crippen LogP contribution >= 0.6 is 0 Å². The Morgan fingerprint density at radius 2 is 1.54 bits per heavy atom. The lowest BCUT2D eigenvalue weighted by Crippen LogP contribution is -2.26. The molecule has 0 aliphatic carbocycles. The maximum Gasteiger partial charge on any atom is 0.222 e. The molecule has 2 heterocycles. The molecular weight excluding hydrogens is 474 g/mol. The molecule has 0 bridgehead atoms. The lowest BCUT2D eigenvalue weighted by molar-refractivity contribution is -0.122. The fourth-order valence-corrected chi connectivity index (χ4v) is 3.39. The van der Waals surface area contributed by atoms with Gasteiger partial charge in [0.1, 0.15) is 11.4 Å². The summed E-state index contributed by atoms with van der Waals surface area (Å²) in [5.41, 5.74) is 3.11. The molecule has 200 valence electrons. The van der Waals surface area contributed by atoms with Crippen LogP contribution in [-0.2, 0) is 20.9 Å². The van der Waals surface area contributed by atoms with E-state index in [0.29, 0.717) is 51.4 Å². The normalized spacial score (nSPS) is 11.4. The number of carbonyl (C=O) groups is 2. The highest BCUT2D eigenvalue weighted by molar-refractivity contribution is 5.96. The van der Waals surface area contributed by atoms with Gasteiger partial charge in [-0.3, -0.25) is 9.59 Å². The van der Waals surface area contributed by atoms with E-state index in [2.05, 4.69) is 25.9 Å². The Labute approximate surface area is 217 Å². The Morgan fingerprint density at radius 1 is 0.865 bits per heavy atom. The van der Waals surface area contributed by atoms with E-state index < -0.39 is 0 Å². The van der Waals surface area contributed by atoms with Crippen LogP contribution < -0.4 is 5.32 Å². The largest absolute Gasteiger partial charge is 0.379 e. The van der Waals surface area contributed by atoms with Gasteiger partial charge in [-0.15, -0.1) is 10.2 Å². The zero-order valence-electron chi connectivity index (χ0n) is 22.1. The summed E-state index contributed by atoms with van der Waals surface area (Å²) in [6.07, 6.45) is 4.96. The van der Waals surface area contributed by atoms with Gasteiger partial charge in [-0.2, -0.15) is 0 Å². The number of hydrogen-bond donors (Lipinski definition) is 1. The van der Waals surface area contributed by atoms with Crippen molar-refractivity contribution < 1.29 is 19.1 Å². The summed E-state index contributed by atoms with van der Waals surface area (Å²) < 4.78 is 14.5. The van der Waals surface area contributed by atoms with Crippen LogP contribution in [0.1, 0.15) is 75.1 Å². The first-order valence-corrected chi connectivity index (χ1v) is 12.7. The van der Waals surface area contributed by atoms with Crippen molar-refractivity contribution in [2.75, 3.05) is 26.4 Å². The summed E-state index contributed by atoms with van der Waals surface area (Å²) in [5.74, 6) is -0.0563. The molecule has 11 nitrogen and oxygen atoms in total. The number of amides is 1. The van der Waals surface area contributed by atoms with E-state index in [1.165, 1.54) is 0 Å². The standard InChI is InChI=1S/C26H37N7O4/c1-19(2)32-16-23(28-30-32)18-37-15-14-36-13-11-26(35)27-12-5-6-25(34)22-9-7-21(8-10-22)24-17-33(20(3)4)31-29-24/h7-10,16-17,19-20H,5-6,11-15,18H2,1-4H3,(H,27,35). The van der Waals surface area contributed by atoms with Gasteiger partial charge in [0.15, 0.2) is 5.78 Å². The topological polar surface area (TPSA) is 126 Å². The minimum absolute atomic E-state index is 0.0433. The number of hydrogen-bond acceptors (Lipinski definition) is 8. The van der Waals surface area contributed by atoms with E-state index in [9.17, 15) is 9.59 Å². The van der Waals surface area contributed by atoms with Crippen molar-refractivity contribution in [2.24, 2.45) is 0 Å². The van der Waals surface area contributed by atoms with Crippen LogP contribution in [0, 0.1) is 0 Å². The monoisotopic (exact) mass is 511 g/mol. The zero-order chi connectivity index (χ0) is 26.6. The number of aromatic nitrogens is 6. The van der Waals surface area contributed by atoms with Crippen LogP contribution in [0.5, 0.6) is 0 Å². The maximum atomic E-state index is 12.5. The molecule has 1 aromatic carbocycles. The van der Waals surface area contributed by atoms with E-state index in [1.807, 2.05) is 52.2 Å². The summed E-state index contributed by atoms with van der Waals surface area (Å²) in [6.45, 7) is 10.1. The molecule has 0 radical (unpaired) electrons. The van der Waals surface area contributed by atoms with Crippen LogP contribution in [-0.4, -0.2) is 68.0 Å². The second-order valence-electron chi connectivity index (χ2n) is 9.33. The number of carbonyl (C=O) groups excluding carboxylic acids is 2. The SMILES string of the molecule is CC(C)n1cc(COCCOCCC(=O)NCCCC(=O)c2ccc(-c3cn(C(C)C)nn3)cc2)nn1. The summed E-state index contributed by atoms with van der Waals surface area (Å²) in [5, 5.41) is 19.2. The second-order valence-corrected chi connectivity index (χ2v) is 9.33. The number of benzene rings is 1. The molecule has 1 N–H and O–H groups in total. The average Bonchev–Trinajstić information content (AvgIpc) is 3.57. The predicted octanol–water partition coefficient (Wildman–Crippen LogP) is 3.40. The fraction of sp³-hybridized carbons (Fsp3) is 0.538. The Kier molecular flexibility index (Phi) is 10.9. The fourth-order valence-electron chi connectivity index (χ4n) is 3.39. The van der Waals surface area contributed by atoms with Crippen molar-refractivity contribution in [2.45, 2.75) is 65.6 Å². The molecule has 0 saturated heterocycles. The van der Waals surface area contributed by atoms with E-state index in [0.717, 1.165) is 17.0 Å². The van der Waals surface area contributed by atoms with Gasteiger partial charge in [-0.25, -0.2) is 9.36 Å². The smallest absolute Gasteiger partial charge is 0.222 e. The molecule has 3 rings (SSSR count). The first kappa shape index (κ1) is 28.1. The number of rotatable bonds is 16. The Balaban J connectivity index is 1.22. The van der Waals surface area contributed by atoms with Crippen LogP contribution in [0.25, 0.3) is 11.3 Å². The van der Waals surface area contributed by atoms with Crippen molar-refractivity contribution in [3.8, 4) is 11.3 Å². The lowest BCUT2D eigenvalue weighted by atomic mass is 10.0. The predicted molar refractivity (Wildman–Crippen MR) is 138 cm³/mol. The van der Waals surface area contributed by atoms with Crippen LogP contribution in [0.15, 0.2) is 36.7 Å². The van der Waals surface area contributed by atoms with Gasteiger partial charge in [0.2, 0.25) is 5.91 Å². The molecule has 0 fully saturated rings. The molecule has 0 spiro atoms. The Bertz CT molecular complexity index is 1120. The van der Waals surface area contributed by atoms with Crippen molar-refractivity contribution in [3.63, 3.8) is 0 Å². The molecule has 37 heavy (non-hydrogen) atoms. The number of ether oxygens (including phenoxy) is 2. The zero-order valence-corrected chi connectivity index (χ0v) is 22.1. The minimum Gasteiger partial charge on any atom is -0.379 e. The molecular formula is C26H37N7O4. The summed E-state index contributed by atoms with van der Waals surface area (Å²) in [7, 11) is 0. The minimum atomic E-state index is -0.0996. The molecule has 0 saturated carbocycles. The Morgan fingerprint density at radius 3 is 2.22 bits per heavy atom. The van der Waals surface area contributed by atoms with Crippen LogP contribution in [0.4, 0.5) is 0 Å². The van der Waals surface area contributed by atoms with E-state index in [4.69, 9.17) is 9.47 Å². The highest BCUT2D eigenvalue weighted by Crippen LogP contribution is 2.19. The molecule has 0 aliphatic rings. The number of Topliss-reactive ketones (excluding diaryl/α,β-unsaturated/α-hetero) is 1. The lowest BCUT2D eigenvalue weighted by Gasteiger charge is -2.07. The molecule has 2 aromatic heterocycles. The van der Waals surface area contributed by atoms with Crippen LogP contribution in [0.2, 0.25) is 0 Å². The first-order valence-electron chi connectivity index (χ1n) is 12.7. The van der Waals surface area contributed by atoms with Crippen molar-refractivity contribution in [1.29, 1.82) is 0 Å². The van der Waals surface area contributed by atoms with Crippen molar-refractivity contribution in [1.82, 2.24) is 35.3 Å². The van der Waals surface area contributed by atoms with Crippen molar-refractivity contribution >= 4 is 11.7 Å². The summed E-state index contributed by atoms with van der Waals surface area (Å²) in [4.78, 5) is 24.4. The highest BCUT2D eigenvalue weighted by atomic mass is 16.5. The number of nitrogens with zero attached hydrogens (tertiary/aromatic N) is 6. The molecule has 0 unspecified atom stereocenters. The molecule has 11 heteroatoms. The Hall–Kier alpha value is -3.44. The third-order valence-electron chi connectivity index (χ3n) is 5.63. The molecule has 3 aromatic rings. The molecule has 0 atom stereocenters. The van der Waals surface area contributed by atoms with E-state index in [1.54, 1.807) is 21.5 Å². The van der Waals surface area contributed by atoms with Crippen molar-refractivity contribution in [3.05, 3.63) is 47.9 Å². The third kappa shape index (κ3) is 9.18. The van der Waals surface area contributed by atoms with Gasteiger partial charge in [-0.05, 0) is 34.1 Å². The van der Waals surface area contributed by atoms with E-state index >= 15 is 0 Å². The average molecular weight is 512 g/mol. The quantitative estimate of drug-likeness (QED) is 0.229. The van der Waals surface area contributed by atoms with Gasteiger partial charge >= 0.3 is 0 Å². The third-order valence-corrected chi connectivity index (χ3v) is 5.63. The number of nitrogens with one attached hydrogen (secondary N) is 1. The van der Waals surface area contributed by atoms with E-state index in [-0.39, 0.29) is 30.2 Å². The van der Waals surface area contributed by atoms with Gasteiger partial charge in [-0.1, -0.05) is 34.7 Å². The second kappa shape index (κ2) is 14.3. The van der Waals surface area contributed by atoms with Gasteiger partial charge in [0, 0.05) is 42.6 Å². The molecule has 0 aliphatic heterocycles. The summed E-state index contributed by atoms with van der Waals surface area (Å²) in [6, 6.07) is 7.88. The van der Waals surface area contributed by atoms with Gasteiger partial charge < -0.3 is 14.8 Å². The highest BCUT2D eigenvalue weighted by Gasteiger charge is 2.10. The first-order chi connectivity index (χ1) is 17.8. The van der Waals surface area contributed by atoms with Crippen LogP contribution in [0.3, 0.4) is 0 Å². The summed E-state index contributed by atoms with van der Waals surface area (Å²) >= 11 is 0. The maximum absolute atomic E-state index is 12.5. The van der Waals surface area contributed by atoms with Gasteiger partial charge in [0.25, 0.3) is 0 Å². The molecule has 1 amide bonds. The van der Waals surface area contributed by atoms with Gasteiger partial charge in [0.05, 0.1) is 38.8 Å².